The summed E-state index contributed by atoms with van der Waals surface area (Å²) in [6.07, 6.45) is 0.394. The Kier molecular flexibility index (Phi) is 4.19. The van der Waals surface area contributed by atoms with E-state index in [1.165, 1.54) is 4.90 Å². The Morgan fingerprint density at radius 1 is 1.18 bits per heavy atom. The molecule has 2 aromatic carbocycles. The van der Waals surface area contributed by atoms with Crippen molar-refractivity contribution in [2.24, 2.45) is 0 Å². The summed E-state index contributed by atoms with van der Waals surface area (Å²) in [5.74, 6) is 0.221. The smallest absolute Gasteiger partial charge is 0.244 e. The summed E-state index contributed by atoms with van der Waals surface area (Å²) in [4.78, 5) is 14.8. The third-order valence-electron chi connectivity index (χ3n) is 5.88. The van der Waals surface area contributed by atoms with E-state index < -0.39 is 32.6 Å². The van der Waals surface area contributed by atoms with E-state index in [9.17, 15) is 13.2 Å². The van der Waals surface area contributed by atoms with Crippen molar-refractivity contribution in [2.45, 2.75) is 42.1 Å². The minimum Gasteiger partial charge on any atom is -0.497 e. The monoisotopic (exact) mass is 401 g/mol. The number of hydrogen-bond donors (Lipinski definition) is 0. The van der Waals surface area contributed by atoms with Crippen LogP contribution in [0.2, 0.25) is 0 Å². The van der Waals surface area contributed by atoms with Gasteiger partial charge >= 0.3 is 0 Å². The van der Waals surface area contributed by atoms with Gasteiger partial charge in [-0.2, -0.15) is 0 Å². The van der Waals surface area contributed by atoms with Gasteiger partial charge in [-0.3, -0.25) is 4.79 Å². The summed E-state index contributed by atoms with van der Waals surface area (Å²) < 4.78 is 38.4. The predicted octanol–water partition coefficient (Wildman–Crippen LogP) is 2.90. The molecule has 0 radical (unpaired) electrons. The van der Waals surface area contributed by atoms with E-state index in [0.29, 0.717) is 23.5 Å². The van der Waals surface area contributed by atoms with Gasteiger partial charge in [-0.25, -0.2) is 8.42 Å². The number of piperidine rings is 1. The number of fused-ring (bicyclic) bond motifs is 4. The number of hydrogen-bond acceptors (Lipinski definition) is 5. The number of sulfone groups is 1. The van der Waals surface area contributed by atoms with Crippen molar-refractivity contribution in [3.63, 3.8) is 0 Å². The third kappa shape index (κ3) is 2.68. The van der Waals surface area contributed by atoms with Gasteiger partial charge in [0.1, 0.15) is 11.5 Å². The van der Waals surface area contributed by atoms with Crippen LogP contribution in [0.15, 0.2) is 47.4 Å². The average Bonchev–Trinajstić information content (AvgIpc) is 2.66. The van der Waals surface area contributed by atoms with E-state index in [2.05, 4.69) is 0 Å². The zero-order valence-corrected chi connectivity index (χ0v) is 17.1. The molecule has 148 valence electrons. The first-order chi connectivity index (χ1) is 13.2. The molecule has 2 aliphatic heterocycles. The largest absolute Gasteiger partial charge is 0.497 e. The fraction of sp³-hybridized carbons (Fsp3) is 0.381. The summed E-state index contributed by atoms with van der Waals surface area (Å²) in [5.41, 5.74) is 0.765. The van der Waals surface area contributed by atoms with Crippen LogP contribution in [0.3, 0.4) is 0 Å². The van der Waals surface area contributed by atoms with Crippen molar-refractivity contribution >= 4 is 15.7 Å². The molecule has 1 fully saturated rings. The molecule has 3 atom stereocenters. The van der Waals surface area contributed by atoms with E-state index in [0.717, 1.165) is 5.56 Å². The van der Waals surface area contributed by atoms with Gasteiger partial charge in [-0.1, -0.05) is 17.7 Å². The summed E-state index contributed by atoms with van der Waals surface area (Å²) in [5, 5.41) is -1.21. The molecular formula is C21H23NO5S. The van der Waals surface area contributed by atoms with Gasteiger partial charge in [-0.05, 0) is 44.2 Å². The zero-order valence-electron chi connectivity index (χ0n) is 16.3. The van der Waals surface area contributed by atoms with Gasteiger partial charge in [0.15, 0.2) is 20.8 Å². The number of carbonyl (C=O) groups is 1. The molecule has 0 aliphatic carbocycles. The van der Waals surface area contributed by atoms with Crippen molar-refractivity contribution in [1.29, 1.82) is 0 Å². The molecule has 4 rings (SSSR count). The maximum Gasteiger partial charge on any atom is 0.244 e. The second kappa shape index (κ2) is 6.24. The summed E-state index contributed by atoms with van der Waals surface area (Å²) >= 11 is 0. The first-order valence-electron chi connectivity index (χ1n) is 9.12. The number of likely N-dealkylation sites (tertiary alicyclic amines) is 1. The fourth-order valence-electron chi connectivity index (χ4n) is 4.13. The number of ether oxygens (including phenoxy) is 2. The first-order valence-corrected chi connectivity index (χ1v) is 10.7. The molecule has 2 aromatic rings. The molecule has 2 heterocycles. The number of rotatable bonds is 3. The Morgan fingerprint density at radius 2 is 1.86 bits per heavy atom. The van der Waals surface area contributed by atoms with E-state index in [4.69, 9.17) is 9.47 Å². The highest BCUT2D eigenvalue weighted by Crippen LogP contribution is 2.50. The molecular weight excluding hydrogens is 378 g/mol. The number of carbonyl (C=O) groups excluding carboxylic acids is 1. The lowest BCUT2D eigenvalue weighted by Gasteiger charge is -2.51. The molecule has 2 bridgehead atoms. The highest BCUT2D eigenvalue weighted by molar-refractivity contribution is 7.92. The lowest BCUT2D eigenvalue weighted by Crippen LogP contribution is -2.64. The highest BCUT2D eigenvalue weighted by atomic mass is 32.2. The molecule has 28 heavy (non-hydrogen) atoms. The first kappa shape index (κ1) is 18.8. The van der Waals surface area contributed by atoms with Crippen molar-refractivity contribution < 1.29 is 22.7 Å². The van der Waals surface area contributed by atoms with Crippen LogP contribution in [0.5, 0.6) is 11.5 Å². The Morgan fingerprint density at radius 3 is 2.50 bits per heavy atom. The number of methoxy groups -OCH3 is 1. The van der Waals surface area contributed by atoms with E-state index in [-0.39, 0.29) is 4.90 Å². The normalized spacial score (nSPS) is 26.4. The van der Waals surface area contributed by atoms with E-state index >= 15 is 0 Å². The topological polar surface area (TPSA) is 72.9 Å². The Balaban J connectivity index is 1.89. The molecule has 0 unspecified atom stereocenters. The molecule has 7 heteroatoms. The molecule has 1 saturated heterocycles. The van der Waals surface area contributed by atoms with Crippen LogP contribution in [0.1, 0.15) is 30.4 Å². The molecule has 0 N–H and O–H groups in total. The predicted molar refractivity (Wildman–Crippen MR) is 104 cm³/mol. The molecule has 0 aromatic heterocycles. The number of amides is 1. The molecule has 6 nitrogen and oxygen atoms in total. The number of benzene rings is 2. The summed E-state index contributed by atoms with van der Waals surface area (Å²) in [6.45, 7) is 3.71. The lowest BCUT2D eigenvalue weighted by atomic mass is 9.80. The minimum atomic E-state index is -3.89. The van der Waals surface area contributed by atoms with Crippen molar-refractivity contribution in [3.05, 3.63) is 53.6 Å². The van der Waals surface area contributed by atoms with Crippen LogP contribution >= 0.6 is 0 Å². The molecule has 0 spiro atoms. The summed E-state index contributed by atoms with van der Waals surface area (Å²) in [7, 11) is -0.735. The zero-order chi connectivity index (χ0) is 20.3. The van der Waals surface area contributed by atoms with Crippen molar-refractivity contribution in [1.82, 2.24) is 4.90 Å². The quantitative estimate of drug-likeness (QED) is 0.791. The maximum absolute atomic E-state index is 13.5. The Hall–Kier alpha value is -2.54. The molecule has 0 saturated carbocycles. The van der Waals surface area contributed by atoms with Crippen LogP contribution in [-0.2, 0) is 14.6 Å². The minimum absolute atomic E-state index is 0.157. The van der Waals surface area contributed by atoms with Crippen LogP contribution in [-0.4, -0.2) is 44.4 Å². The highest BCUT2D eigenvalue weighted by Gasteiger charge is 2.57. The fourth-order valence-corrected chi connectivity index (χ4v) is 6.04. The van der Waals surface area contributed by atoms with E-state index in [1.807, 2.05) is 13.8 Å². The third-order valence-corrected chi connectivity index (χ3v) is 8.01. The average molecular weight is 401 g/mol. The Labute approximate surface area is 165 Å². The van der Waals surface area contributed by atoms with Crippen LogP contribution in [0.4, 0.5) is 0 Å². The molecule has 2 aliphatic rings. The van der Waals surface area contributed by atoms with Gasteiger partial charge in [0.2, 0.25) is 5.91 Å². The molecule has 1 amide bonds. The van der Waals surface area contributed by atoms with Gasteiger partial charge in [0.05, 0.1) is 12.0 Å². The van der Waals surface area contributed by atoms with Crippen LogP contribution < -0.4 is 9.47 Å². The van der Waals surface area contributed by atoms with Gasteiger partial charge in [0, 0.05) is 24.9 Å². The van der Waals surface area contributed by atoms with Crippen LogP contribution in [0.25, 0.3) is 0 Å². The van der Waals surface area contributed by atoms with Gasteiger partial charge in [0.25, 0.3) is 0 Å². The van der Waals surface area contributed by atoms with Crippen molar-refractivity contribution in [2.75, 3.05) is 14.2 Å². The SMILES string of the molecule is COc1ccc2c(c1)[C@@H]1C[C@](C)(O2)N(C)C(=O)[C@@H]1S(=O)(=O)c1ccc(C)cc1. The van der Waals surface area contributed by atoms with Gasteiger partial charge < -0.3 is 14.4 Å². The van der Waals surface area contributed by atoms with Gasteiger partial charge in [-0.15, -0.1) is 0 Å². The Bertz CT molecular complexity index is 1050. The second-order valence-corrected chi connectivity index (χ2v) is 9.74. The maximum atomic E-state index is 13.5. The standard InChI is InChI=1S/C21H23NO5S/c1-13-5-8-15(9-6-13)28(24,25)19-17-12-21(2,22(3)20(19)23)27-18-10-7-14(26-4)11-16(17)18/h5-11,17,19H,12H2,1-4H3/t17-,19+,21-/m0/s1. The summed E-state index contributed by atoms with van der Waals surface area (Å²) in [6, 6.07) is 11.9. The van der Waals surface area contributed by atoms with Crippen LogP contribution in [0, 0.1) is 6.92 Å². The number of aryl methyl sites for hydroxylation is 1. The lowest BCUT2D eigenvalue weighted by molar-refractivity contribution is -0.159. The van der Waals surface area contributed by atoms with Crippen molar-refractivity contribution in [3.8, 4) is 11.5 Å². The second-order valence-electron chi connectivity index (χ2n) is 7.67. The number of nitrogens with zero attached hydrogens (tertiary/aromatic N) is 1. The van der Waals surface area contributed by atoms with E-state index in [1.54, 1.807) is 56.6 Å².